The third kappa shape index (κ3) is 3.41. The standard InChI is InChI=1S/C25H36N4O3/c1-27(2)25(20-6-4-3-5-7-20)12-10-24(11-13-25)16-28(15-23(21(26)30)17-32-18-23)22(31)29(24)14-19-8-9-19/h3-7,19H,8-18H2,1-2H3,(H2,26,30)/t24-,25-. The van der Waals surface area contributed by atoms with Crippen molar-refractivity contribution in [2.24, 2.45) is 17.1 Å². The minimum Gasteiger partial charge on any atom is -0.379 e. The average Bonchev–Trinajstić information content (AvgIpc) is 3.54. The second-order valence-corrected chi connectivity index (χ2v) is 10.8. The third-order valence-electron chi connectivity index (χ3n) is 8.64. The van der Waals surface area contributed by atoms with E-state index in [1.165, 1.54) is 18.4 Å². The van der Waals surface area contributed by atoms with Gasteiger partial charge in [-0.15, -0.1) is 0 Å². The third-order valence-corrected chi connectivity index (χ3v) is 8.64. The van der Waals surface area contributed by atoms with Crippen molar-refractivity contribution in [3.8, 4) is 0 Å². The molecule has 0 atom stereocenters. The molecule has 2 aliphatic carbocycles. The maximum atomic E-state index is 13.6. The maximum absolute atomic E-state index is 13.6. The average molecular weight is 441 g/mol. The molecule has 2 N–H and O–H groups in total. The van der Waals surface area contributed by atoms with Gasteiger partial charge in [-0.1, -0.05) is 30.3 Å². The van der Waals surface area contributed by atoms with Crippen LogP contribution in [0.5, 0.6) is 0 Å². The van der Waals surface area contributed by atoms with E-state index in [0.29, 0.717) is 32.2 Å². The predicted octanol–water partition coefficient (Wildman–Crippen LogP) is 2.41. The normalized spacial score (nSPS) is 31.9. The van der Waals surface area contributed by atoms with Crippen LogP contribution in [-0.2, 0) is 15.1 Å². The number of hydrogen-bond donors (Lipinski definition) is 1. The van der Waals surface area contributed by atoms with Gasteiger partial charge < -0.3 is 20.3 Å². The number of urea groups is 1. The largest absolute Gasteiger partial charge is 0.379 e. The van der Waals surface area contributed by atoms with Gasteiger partial charge in [0, 0.05) is 25.2 Å². The second kappa shape index (κ2) is 7.73. The highest BCUT2D eigenvalue weighted by Crippen LogP contribution is 2.50. The molecule has 0 bridgehead atoms. The van der Waals surface area contributed by atoms with Crippen molar-refractivity contribution < 1.29 is 14.3 Å². The Morgan fingerprint density at radius 1 is 1.12 bits per heavy atom. The highest BCUT2D eigenvalue weighted by molar-refractivity contribution is 5.84. The molecule has 0 radical (unpaired) electrons. The Morgan fingerprint density at radius 3 is 2.28 bits per heavy atom. The number of hydrogen-bond acceptors (Lipinski definition) is 4. The number of primary amides is 1. The van der Waals surface area contributed by atoms with E-state index in [2.05, 4.69) is 54.2 Å². The van der Waals surface area contributed by atoms with Crippen molar-refractivity contribution in [1.29, 1.82) is 0 Å². The van der Waals surface area contributed by atoms with Gasteiger partial charge in [-0.3, -0.25) is 9.69 Å². The molecular formula is C25H36N4O3. The summed E-state index contributed by atoms with van der Waals surface area (Å²) in [7, 11) is 4.35. The van der Waals surface area contributed by atoms with Crippen molar-refractivity contribution in [3.63, 3.8) is 0 Å². The number of nitrogens with two attached hydrogens (primary N) is 1. The quantitative estimate of drug-likeness (QED) is 0.706. The van der Waals surface area contributed by atoms with E-state index in [1.807, 2.05) is 4.90 Å². The van der Waals surface area contributed by atoms with Gasteiger partial charge >= 0.3 is 6.03 Å². The van der Waals surface area contributed by atoms with Crippen molar-refractivity contribution in [2.75, 3.05) is 46.9 Å². The molecule has 32 heavy (non-hydrogen) atoms. The summed E-state index contributed by atoms with van der Waals surface area (Å²) < 4.78 is 5.33. The lowest BCUT2D eigenvalue weighted by molar-refractivity contribution is -0.160. The summed E-state index contributed by atoms with van der Waals surface area (Å²) in [4.78, 5) is 32.2. The number of amides is 3. The summed E-state index contributed by atoms with van der Waals surface area (Å²) in [5.41, 5.74) is 6.18. The van der Waals surface area contributed by atoms with E-state index < -0.39 is 5.41 Å². The number of ether oxygens (including phenoxy) is 1. The van der Waals surface area contributed by atoms with E-state index >= 15 is 0 Å². The topological polar surface area (TPSA) is 79.1 Å². The lowest BCUT2D eigenvalue weighted by Crippen LogP contribution is -2.59. The molecule has 0 aromatic heterocycles. The zero-order valence-electron chi connectivity index (χ0n) is 19.4. The van der Waals surface area contributed by atoms with E-state index in [-0.39, 0.29) is 23.0 Å². The molecule has 2 saturated carbocycles. The molecule has 2 saturated heterocycles. The zero-order valence-corrected chi connectivity index (χ0v) is 19.4. The van der Waals surface area contributed by atoms with Gasteiger partial charge in [0.2, 0.25) is 5.91 Å². The molecule has 4 fully saturated rings. The van der Waals surface area contributed by atoms with Crippen LogP contribution in [0, 0.1) is 11.3 Å². The molecule has 174 valence electrons. The molecule has 2 heterocycles. The summed E-state index contributed by atoms with van der Waals surface area (Å²) in [5.74, 6) is 0.271. The Balaban J connectivity index is 1.40. The summed E-state index contributed by atoms with van der Waals surface area (Å²) in [6, 6.07) is 10.9. The van der Waals surface area contributed by atoms with Crippen LogP contribution in [0.2, 0.25) is 0 Å². The smallest absolute Gasteiger partial charge is 0.320 e. The summed E-state index contributed by atoms with van der Waals surface area (Å²) in [6.45, 7) is 2.54. The molecular weight excluding hydrogens is 404 g/mol. The Labute approximate surface area is 190 Å². The Bertz CT molecular complexity index is 870. The SMILES string of the molecule is CN(C)[C@]1(c2ccccc2)CC[C@@]2(CC1)CN(CC1(C(N)=O)COC1)C(=O)N2CC1CC1. The van der Waals surface area contributed by atoms with Crippen LogP contribution in [0.25, 0.3) is 0 Å². The fourth-order valence-electron chi connectivity index (χ4n) is 6.16. The number of carbonyl (C=O) groups excluding carboxylic acids is 2. The Hall–Kier alpha value is -2.12. The zero-order chi connectivity index (χ0) is 22.6. The number of benzene rings is 1. The van der Waals surface area contributed by atoms with Crippen LogP contribution < -0.4 is 5.73 Å². The van der Waals surface area contributed by atoms with Gasteiger partial charge in [-0.05, 0) is 64.1 Å². The van der Waals surface area contributed by atoms with Gasteiger partial charge in [0.1, 0.15) is 5.41 Å². The van der Waals surface area contributed by atoms with Gasteiger partial charge in [-0.25, -0.2) is 4.79 Å². The molecule has 1 spiro atoms. The van der Waals surface area contributed by atoms with E-state index in [1.54, 1.807) is 0 Å². The van der Waals surface area contributed by atoms with Crippen LogP contribution in [-0.4, -0.2) is 79.1 Å². The van der Waals surface area contributed by atoms with Crippen LogP contribution >= 0.6 is 0 Å². The van der Waals surface area contributed by atoms with Crippen molar-refractivity contribution in [3.05, 3.63) is 35.9 Å². The molecule has 3 amide bonds. The van der Waals surface area contributed by atoms with Gasteiger partial charge in [0.25, 0.3) is 0 Å². The maximum Gasteiger partial charge on any atom is 0.320 e. The highest BCUT2D eigenvalue weighted by Gasteiger charge is 2.57. The summed E-state index contributed by atoms with van der Waals surface area (Å²) >= 11 is 0. The van der Waals surface area contributed by atoms with Crippen molar-refractivity contribution in [2.45, 2.75) is 49.6 Å². The molecule has 1 aromatic carbocycles. The molecule has 4 aliphatic rings. The molecule has 5 rings (SSSR count). The molecule has 7 heteroatoms. The molecule has 0 unspecified atom stereocenters. The lowest BCUT2D eigenvalue weighted by atomic mass is 9.68. The molecule has 7 nitrogen and oxygen atoms in total. The van der Waals surface area contributed by atoms with Gasteiger partial charge in [-0.2, -0.15) is 0 Å². The highest BCUT2D eigenvalue weighted by atomic mass is 16.5. The van der Waals surface area contributed by atoms with Gasteiger partial charge in [0.05, 0.1) is 18.8 Å². The lowest BCUT2D eigenvalue weighted by Gasteiger charge is -2.51. The number of carbonyl (C=O) groups is 2. The fraction of sp³-hybridized carbons (Fsp3) is 0.680. The number of nitrogens with zero attached hydrogens (tertiary/aromatic N) is 3. The minimum atomic E-state index is -0.724. The van der Waals surface area contributed by atoms with E-state index in [0.717, 1.165) is 32.2 Å². The first kappa shape index (κ1) is 21.7. The Kier molecular flexibility index (Phi) is 5.25. The van der Waals surface area contributed by atoms with Crippen LogP contribution in [0.3, 0.4) is 0 Å². The van der Waals surface area contributed by atoms with Crippen LogP contribution in [0.1, 0.15) is 44.1 Å². The summed E-state index contributed by atoms with van der Waals surface area (Å²) in [5, 5.41) is 0. The van der Waals surface area contributed by atoms with Gasteiger partial charge in [0.15, 0.2) is 0 Å². The number of rotatable bonds is 7. The predicted molar refractivity (Wildman–Crippen MR) is 122 cm³/mol. The monoisotopic (exact) mass is 440 g/mol. The minimum absolute atomic E-state index is 0.00944. The summed E-state index contributed by atoms with van der Waals surface area (Å²) in [6.07, 6.45) is 6.38. The first-order valence-corrected chi connectivity index (χ1v) is 12.0. The first-order chi connectivity index (χ1) is 15.3. The van der Waals surface area contributed by atoms with E-state index in [4.69, 9.17) is 10.5 Å². The van der Waals surface area contributed by atoms with Crippen LogP contribution in [0.4, 0.5) is 4.79 Å². The Morgan fingerprint density at radius 2 is 1.78 bits per heavy atom. The van der Waals surface area contributed by atoms with Crippen LogP contribution in [0.15, 0.2) is 30.3 Å². The molecule has 1 aromatic rings. The van der Waals surface area contributed by atoms with E-state index in [9.17, 15) is 9.59 Å². The van der Waals surface area contributed by atoms with Crippen molar-refractivity contribution >= 4 is 11.9 Å². The second-order valence-electron chi connectivity index (χ2n) is 10.8. The fourth-order valence-corrected chi connectivity index (χ4v) is 6.16. The molecule has 2 aliphatic heterocycles. The van der Waals surface area contributed by atoms with Crippen molar-refractivity contribution in [1.82, 2.24) is 14.7 Å². The first-order valence-electron chi connectivity index (χ1n) is 12.0.